The summed E-state index contributed by atoms with van der Waals surface area (Å²) in [4.78, 5) is 16.1. The third-order valence-corrected chi connectivity index (χ3v) is 3.07. The van der Waals surface area contributed by atoms with Crippen LogP contribution in [0.1, 0.15) is 11.3 Å². The maximum atomic E-state index is 12.7. The lowest BCUT2D eigenvalue weighted by Gasteiger charge is -2.09. The number of nitriles is 1. The summed E-state index contributed by atoms with van der Waals surface area (Å²) < 4.78 is 38.0. The van der Waals surface area contributed by atoms with Gasteiger partial charge in [-0.25, -0.2) is 0 Å². The van der Waals surface area contributed by atoms with Gasteiger partial charge in [-0.15, -0.1) is 0 Å². The van der Waals surface area contributed by atoms with Gasteiger partial charge in [-0.3, -0.25) is 9.78 Å². The molecular formula is C17H13F3N4O. The zero-order valence-corrected chi connectivity index (χ0v) is 12.8. The van der Waals surface area contributed by atoms with Gasteiger partial charge in [-0.05, 0) is 30.3 Å². The molecule has 2 N–H and O–H groups in total. The van der Waals surface area contributed by atoms with E-state index < -0.39 is 17.6 Å². The molecule has 0 saturated carbocycles. The molecule has 25 heavy (non-hydrogen) atoms. The van der Waals surface area contributed by atoms with E-state index in [1.54, 1.807) is 30.5 Å². The highest BCUT2D eigenvalue weighted by molar-refractivity contribution is 6.06. The summed E-state index contributed by atoms with van der Waals surface area (Å²) in [5, 5.41) is 14.1. The standard InChI is InChI=1S/C17H13F3N4O/c18-17(19,20)13-4-3-6-14(8-13)24-16(25)12(9-21)10-22-11-15-5-1-2-7-23-15/h1-8,10,22H,11H2,(H,24,25)/b12-10-. The number of aromatic nitrogens is 1. The van der Waals surface area contributed by atoms with Crippen molar-refractivity contribution in [2.24, 2.45) is 0 Å². The largest absolute Gasteiger partial charge is 0.416 e. The van der Waals surface area contributed by atoms with Crippen molar-refractivity contribution < 1.29 is 18.0 Å². The molecule has 2 aromatic rings. The molecule has 1 amide bonds. The van der Waals surface area contributed by atoms with E-state index >= 15 is 0 Å². The zero-order valence-electron chi connectivity index (χ0n) is 12.8. The Morgan fingerprint density at radius 1 is 1.24 bits per heavy atom. The Morgan fingerprint density at radius 3 is 2.68 bits per heavy atom. The lowest BCUT2D eigenvalue weighted by molar-refractivity contribution is -0.137. The van der Waals surface area contributed by atoms with Gasteiger partial charge in [0.2, 0.25) is 0 Å². The third kappa shape index (κ3) is 5.35. The number of nitrogens with one attached hydrogen (secondary N) is 2. The van der Waals surface area contributed by atoms with E-state index in [1.165, 1.54) is 18.3 Å². The Kier molecular flexibility index (Phi) is 5.74. The van der Waals surface area contributed by atoms with E-state index in [0.717, 1.165) is 12.1 Å². The van der Waals surface area contributed by atoms with Gasteiger partial charge in [0.05, 0.1) is 17.8 Å². The summed E-state index contributed by atoms with van der Waals surface area (Å²) in [6.45, 7) is 0.295. The third-order valence-electron chi connectivity index (χ3n) is 3.07. The van der Waals surface area contributed by atoms with Crippen molar-refractivity contribution in [1.29, 1.82) is 5.26 Å². The number of halogens is 3. The van der Waals surface area contributed by atoms with Crippen LogP contribution in [0.25, 0.3) is 0 Å². The maximum absolute atomic E-state index is 12.7. The second-order valence-electron chi connectivity index (χ2n) is 4.90. The number of hydrogen-bond donors (Lipinski definition) is 2. The summed E-state index contributed by atoms with van der Waals surface area (Å²) in [5.41, 5.74) is -0.505. The molecule has 0 saturated heterocycles. The number of anilines is 1. The minimum Gasteiger partial charge on any atom is -0.384 e. The van der Waals surface area contributed by atoms with E-state index in [4.69, 9.17) is 5.26 Å². The Hall–Kier alpha value is -3.34. The highest BCUT2D eigenvalue weighted by Crippen LogP contribution is 2.30. The van der Waals surface area contributed by atoms with E-state index in [2.05, 4.69) is 15.6 Å². The normalized spacial score (nSPS) is 11.5. The van der Waals surface area contributed by atoms with Crippen molar-refractivity contribution in [2.75, 3.05) is 5.32 Å². The first-order chi connectivity index (χ1) is 11.9. The Morgan fingerprint density at radius 2 is 2.04 bits per heavy atom. The van der Waals surface area contributed by atoms with Crippen molar-refractivity contribution in [3.05, 3.63) is 71.7 Å². The van der Waals surface area contributed by atoms with Gasteiger partial charge in [-0.2, -0.15) is 18.4 Å². The fourth-order valence-electron chi connectivity index (χ4n) is 1.88. The first-order valence-corrected chi connectivity index (χ1v) is 7.12. The second kappa shape index (κ2) is 7.97. The van der Waals surface area contributed by atoms with Crippen molar-refractivity contribution >= 4 is 11.6 Å². The Balaban J connectivity index is 2.03. The van der Waals surface area contributed by atoms with Crippen LogP contribution in [-0.4, -0.2) is 10.9 Å². The van der Waals surface area contributed by atoms with Crippen LogP contribution in [0.5, 0.6) is 0 Å². The number of rotatable bonds is 5. The molecule has 0 aliphatic rings. The summed E-state index contributed by atoms with van der Waals surface area (Å²) in [5.74, 6) is -0.810. The SMILES string of the molecule is N#C/C(=C/NCc1ccccn1)C(=O)Nc1cccc(C(F)(F)F)c1. The predicted molar refractivity (Wildman–Crippen MR) is 84.8 cm³/mol. The molecule has 5 nitrogen and oxygen atoms in total. The molecule has 0 fully saturated rings. The topological polar surface area (TPSA) is 77.8 Å². The lowest BCUT2D eigenvalue weighted by Crippen LogP contribution is -2.17. The fraction of sp³-hybridized carbons (Fsp3) is 0.118. The fourth-order valence-corrected chi connectivity index (χ4v) is 1.88. The van der Waals surface area contributed by atoms with Crippen LogP contribution in [-0.2, 0) is 17.5 Å². The molecule has 128 valence electrons. The average Bonchev–Trinajstić information content (AvgIpc) is 2.59. The Bertz CT molecular complexity index is 811. The van der Waals surface area contributed by atoms with Crippen LogP contribution < -0.4 is 10.6 Å². The first-order valence-electron chi connectivity index (χ1n) is 7.12. The first kappa shape index (κ1) is 18.0. The maximum Gasteiger partial charge on any atom is 0.416 e. The van der Waals surface area contributed by atoms with Gasteiger partial charge in [-0.1, -0.05) is 12.1 Å². The molecule has 0 radical (unpaired) electrons. The number of carbonyl (C=O) groups excluding carboxylic acids is 1. The number of carbonyl (C=O) groups is 1. The second-order valence-corrected chi connectivity index (χ2v) is 4.90. The van der Waals surface area contributed by atoms with Gasteiger partial charge in [0.1, 0.15) is 11.6 Å². The van der Waals surface area contributed by atoms with Crippen LogP contribution in [0, 0.1) is 11.3 Å². The van der Waals surface area contributed by atoms with E-state index in [1.807, 2.05) is 0 Å². The molecule has 8 heteroatoms. The minimum atomic E-state index is -4.52. The van der Waals surface area contributed by atoms with E-state index in [0.29, 0.717) is 12.2 Å². The molecule has 0 atom stereocenters. The number of benzene rings is 1. The lowest BCUT2D eigenvalue weighted by atomic mass is 10.2. The van der Waals surface area contributed by atoms with Crippen molar-refractivity contribution in [1.82, 2.24) is 10.3 Å². The van der Waals surface area contributed by atoms with Crippen molar-refractivity contribution in [3.8, 4) is 6.07 Å². The highest BCUT2D eigenvalue weighted by atomic mass is 19.4. The van der Waals surface area contributed by atoms with Gasteiger partial charge in [0.15, 0.2) is 0 Å². The monoisotopic (exact) mass is 346 g/mol. The van der Waals surface area contributed by atoms with Crippen LogP contribution in [0.2, 0.25) is 0 Å². The van der Waals surface area contributed by atoms with Gasteiger partial charge in [0.25, 0.3) is 5.91 Å². The summed E-state index contributed by atoms with van der Waals surface area (Å²) >= 11 is 0. The number of alkyl halides is 3. The van der Waals surface area contributed by atoms with Crippen molar-refractivity contribution in [3.63, 3.8) is 0 Å². The highest BCUT2D eigenvalue weighted by Gasteiger charge is 2.30. The van der Waals surface area contributed by atoms with E-state index in [-0.39, 0.29) is 11.3 Å². The Labute approximate surface area is 141 Å². The van der Waals surface area contributed by atoms with Crippen LogP contribution in [0.4, 0.5) is 18.9 Å². The van der Waals surface area contributed by atoms with Gasteiger partial charge in [0, 0.05) is 18.1 Å². The van der Waals surface area contributed by atoms with Crippen LogP contribution in [0.3, 0.4) is 0 Å². The zero-order chi connectivity index (χ0) is 18.3. The van der Waals surface area contributed by atoms with Crippen LogP contribution in [0.15, 0.2) is 60.4 Å². The minimum absolute atomic E-state index is 0.0503. The van der Waals surface area contributed by atoms with Crippen molar-refractivity contribution in [2.45, 2.75) is 12.7 Å². The summed E-state index contributed by atoms with van der Waals surface area (Å²) in [7, 11) is 0. The van der Waals surface area contributed by atoms with E-state index in [9.17, 15) is 18.0 Å². The molecule has 1 aromatic carbocycles. The predicted octanol–water partition coefficient (Wildman–Crippen LogP) is 3.24. The summed E-state index contributed by atoms with van der Waals surface area (Å²) in [6.07, 6.45) is -1.72. The molecule has 2 rings (SSSR count). The molecule has 0 bridgehead atoms. The molecule has 0 aliphatic carbocycles. The molecule has 1 heterocycles. The van der Waals surface area contributed by atoms with Gasteiger partial charge >= 0.3 is 6.18 Å². The molecule has 1 aromatic heterocycles. The molecule has 0 unspecified atom stereocenters. The summed E-state index contributed by atoms with van der Waals surface area (Å²) in [6, 6.07) is 11.2. The number of hydrogen-bond acceptors (Lipinski definition) is 4. The number of pyridine rings is 1. The molecule has 0 aliphatic heterocycles. The quantitative estimate of drug-likeness (QED) is 0.644. The molecule has 0 spiro atoms. The number of nitrogens with zero attached hydrogens (tertiary/aromatic N) is 2. The average molecular weight is 346 g/mol. The van der Waals surface area contributed by atoms with Crippen LogP contribution >= 0.6 is 0 Å². The molecular weight excluding hydrogens is 333 g/mol. The van der Waals surface area contributed by atoms with Gasteiger partial charge < -0.3 is 10.6 Å². The number of amides is 1. The smallest absolute Gasteiger partial charge is 0.384 e.